The summed E-state index contributed by atoms with van der Waals surface area (Å²) < 4.78 is 47.9. The summed E-state index contributed by atoms with van der Waals surface area (Å²) >= 11 is 0.684. The summed E-state index contributed by atoms with van der Waals surface area (Å²) in [7, 11) is 0. The van der Waals surface area contributed by atoms with Crippen LogP contribution in [0, 0.1) is 0 Å². The highest BCUT2D eigenvalue weighted by molar-refractivity contribution is 8.00. The Kier molecular flexibility index (Phi) is 6.16. The number of carboxylic acid groups (broad SMARTS) is 1. The summed E-state index contributed by atoms with van der Waals surface area (Å²) in [5.41, 5.74) is 0. The standard InChI is InChI=1S/C7H9F4NO3S/c8-6(9)7(10,11)3-12-4(13)1-16-2-5(14)15/h6H,1-3H2,(H,12,13)(H,14,15). The molecule has 0 rings (SSSR count). The Balaban J connectivity index is 3.77. The molecule has 0 aromatic carbocycles. The molecular formula is C7H9F4NO3S. The van der Waals surface area contributed by atoms with E-state index in [1.165, 1.54) is 0 Å². The van der Waals surface area contributed by atoms with E-state index in [4.69, 9.17) is 5.11 Å². The van der Waals surface area contributed by atoms with Gasteiger partial charge in [-0.15, -0.1) is 11.8 Å². The number of hydrogen-bond donors (Lipinski definition) is 2. The number of alkyl halides is 4. The van der Waals surface area contributed by atoms with Crippen LogP contribution >= 0.6 is 11.8 Å². The first kappa shape index (κ1) is 15.0. The molecule has 0 aliphatic heterocycles. The molecule has 9 heteroatoms. The van der Waals surface area contributed by atoms with Gasteiger partial charge in [-0.25, -0.2) is 8.78 Å². The number of halogens is 4. The molecule has 0 saturated carbocycles. The van der Waals surface area contributed by atoms with Crippen molar-refractivity contribution in [2.24, 2.45) is 0 Å². The molecule has 0 spiro atoms. The van der Waals surface area contributed by atoms with Crippen molar-refractivity contribution in [3.05, 3.63) is 0 Å². The third kappa shape index (κ3) is 6.49. The summed E-state index contributed by atoms with van der Waals surface area (Å²) in [6.45, 7) is -1.46. The van der Waals surface area contributed by atoms with Crippen molar-refractivity contribution < 1.29 is 32.3 Å². The van der Waals surface area contributed by atoms with Gasteiger partial charge in [0.25, 0.3) is 0 Å². The number of carboxylic acids is 1. The number of hydrogen-bond acceptors (Lipinski definition) is 3. The largest absolute Gasteiger partial charge is 0.481 e. The minimum atomic E-state index is -4.27. The van der Waals surface area contributed by atoms with Crippen LogP contribution in [0.15, 0.2) is 0 Å². The topological polar surface area (TPSA) is 66.4 Å². The summed E-state index contributed by atoms with van der Waals surface area (Å²) in [6.07, 6.45) is -3.85. The molecule has 0 bridgehead atoms. The van der Waals surface area contributed by atoms with Gasteiger partial charge < -0.3 is 10.4 Å². The van der Waals surface area contributed by atoms with Gasteiger partial charge in [0, 0.05) is 0 Å². The minimum absolute atomic E-state index is 0.362. The Morgan fingerprint density at radius 2 is 1.88 bits per heavy atom. The van der Waals surface area contributed by atoms with Crippen molar-refractivity contribution in [2.75, 3.05) is 18.1 Å². The predicted molar refractivity (Wildman–Crippen MR) is 48.9 cm³/mol. The molecule has 0 fully saturated rings. The number of amides is 1. The second-order valence-electron chi connectivity index (χ2n) is 2.72. The molecular weight excluding hydrogens is 254 g/mol. The molecule has 0 heterocycles. The molecule has 2 N–H and O–H groups in total. The van der Waals surface area contributed by atoms with Gasteiger partial charge in [-0.2, -0.15) is 8.78 Å². The lowest BCUT2D eigenvalue weighted by Gasteiger charge is -2.15. The molecule has 0 aliphatic rings. The SMILES string of the molecule is O=C(O)CSCC(=O)NCC(F)(F)C(F)F. The van der Waals surface area contributed by atoms with Crippen LogP contribution in [0.2, 0.25) is 0 Å². The molecule has 0 saturated heterocycles. The predicted octanol–water partition coefficient (Wildman–Crippen LogP) is 0.821. The van der Waals surface area contributed by atoms with E-state index in [1.807, 2.05) is 0 Å². The highest BCUT2D eigenvalue weighted by Crippen LogP contribution is 2.21. The lowest BCUT2D eigenvalue weighted by atomic mass is 10.3. The second kappa shape index (κ2) is 6.56. The van der Waals surface area contributed by atoms with Crippen LogP contribution in [0.1, 0.15) is 0 Å². The molecule has 0 aliphatic carbocycles. The molecule has 0 radical (unpaired) electrons. The van der Waals surface area contributed by atoms with Crippen LogP contribution in [-0.4, -0.2) is 47.4 Å². The lowest BCUT2D eigenvalue weighted by molar-refractivity contribution is -0.135. The molecule has 0 aromatic rings. The Morgan fingerprint density at radius 3 is 2.31 bits per heavy atom. The monoisotopic (exact) mass is 263 g/mol. The molecule has 94 valence electrons. The maximum atomic E-state index is 12.3. The van der Waals surface area contributed by atoms with Gasteiger partial charge in [0.1, 0.15) is 0 Å². The van der Waals surface area contributed by atoms with E-state index in [0.717, 1.165) is 0 Å². The maximum Gasteiger partial charge on any atom is 0.324 e. The highest BCUT2D eigenvalue weighted by Gasteiger charge is 2.40. The molecule has 1 amide bonds. The Bertz CT molecular complexity index is 262. The number of thioether (sulfide) groups is 1. The van der Waals surface area contributed by atoms with Crippen molar-refractivity contribution in [3.8, 4) is 0 Å². The van der Waals surface area contributed by atoms with Crippen molar-refractivity contribution in [1.82, 2.24) is 5.32 Å². The fourth-order valence-electron chi connectivity index (χ4n) is 0.576. The van der Waals surface area contributed by atoms with Crippen LogP contribution in [0.3, 0.4) is 0 Å². The zero-order chi connectivity index (χ0) is 12.8. The van der Waals surface area contributed by atoms with Crippen LogP contribution in [0.25, 0.3) is 0 Å². The van der Waals surface area contributed by atoms with E-state index in [-0.39, 0.29) is 11.5 Å². The minimum Gasteiger partial charge on any atom is -0.481 e. The zero-order valence-corrected chi connectivity index (χ0v) is 8.70. The van der Waals surface area contributed by atoms with Gasteiger partial charge in [0.2, 0.25) is 5.91 Å². The van der Waals surface area contributed by atoms with E-state index in [1.54, 1.807) is 5.32 Å². The summed E-state index contributed by atoms with van der Waals surface area (Å²) in [5.74, 6) is -7.07. The van der Waals surface area contributed by atoms with Gasteiger partial charge >= 0.3 is 18.3 Å². The van der Waals surface area contributed by atoms with Gasteiger partial charge in [-0.3, -0.25) is 9.59 Å². The van der Waals surface area contributed by atoms with Gasteiger partial charge in [0.15, 0.2) is 0 Å². The number of rotatable bonds is 7. The quantitative estimate of drug-likeness (QED) is 0.667. The average Bonchev–Trinajstić information content (AvgIpc) is 2.14. The number of carbonyl (C=O) groups is 2. The van der Waals surface area contributed by atoms with Gasteiger partial charge in [-0.05, 0) is 0 Å². The summed E-state index contributed by atoms with van der Waals surface area (Å²) in [4.78, 5) is 20.8. The van der Waals surface area contributed by atoms with Crippen LogP contribution < -0.4 is 5.32 Å². The third-order valence-corrected chi connectivity index (χ3v) is 2.22. The van der Waals surface area contributed by atoms with E-state index >= 15 is 0 Å². The van der Waals surface area contributed by atoms with Crippen LogP contribution in [-0.2, 0) is 9.59 Å². The highest BCUT2D eigenvalue weighted by atomic mass is 32.2. The van der Waals surface area contributed by atoms with Gasteiger partial charge in [-0.1, -0.05) is 0 Å². The summed E-state index contributed by atoms with van der Waals surface area (Å²) in [6, 6.07) is 0. The molecule has 16 heavy (non-hydrogen) atoms. The van der Waals surface area contributed by atoms with Gasteiger partial charge in [0.05, 0.1) is 18.1 Å². The number of aliphatic carboxylic acids is 1. The van der Waals surface area contributed by atoms with Crippen molar-refractivity contribution in [1.29, 1.82) is 0 Å². The van der Waals surface area contributed by atoms with E-state index in [0.29, 0.717) is 11.8 Å². The Hall–Kier alpha value is -0.990. The fraction of sp³-hybridized carbons (Fsp3) is 0.714. The maximum absolute atomic E-state index is 12.3. The molecule has 4 nitrogen and oxygen atoms in total. The first-order chi connectivity index (χ1) is 7.25. The van der Waals surface area contributed by atoms with Crippen LogP contribution in [0.5, 0.6) is 0 Å². The summed E-state index contributed by atoms with van der Waals surface area (Å²) in [5, 5.41) is 9.78. The first-order valence-electron chi connectivity index (χ1n) is 3.98. The normalized spacial score (nSPS) is 11.6. The van der Waals surface area contributed by atoms with Crippen molar-refractivity contribution in [2.45, 2.75) is 12.3 Å². The molecule has 0 atom stereocenters. The van der Waals surface area contributed by atoms with Crippen molar-refractivity contribution in [3.63, 3.8) is 0 Å². The van der Waals surface area contributed by atoms with E-state index < -0.39 is 30.8 Å². The smallest absolute Gasteiger partial charge is 0.324 e. The van der Waals surface area contributed by atoms with E-state index in [2.05, 4.69) is 0 Å². The zero-order valence-electron chi connectivity index (χ0n) is 7.88. The number of nitrogens with one attached hydrogen (secondary N) is 1. The van der Waals surface area contributed by atoms with E-state index in [9.17, 15) is 27.2 Å². The third-order valence-electron chi connectivity index (χ3n) is 1.30. The van der Waals surface area contributed by atoms with Crippen molar-refractivity contribution >= 4 is 23.6 Å². The average molecular weight is 263 g/mol. The van der Waals surface area contributed by atoms with Crippen LogP contribution in [0.4, 0.5) is 17.6 Å². The Labute approximate surface area is 92.4 Å². The number of carbonyl (C=O) groups excluding carboxylic acids is 1. The molecule has 0 unspecified atom stereocenters. The Morgan fingerprint density at radius 1 is 1.31 bits per heavy atom. The molecule has 0 aromatic heterocycles. The second-order valence-corrected chi connectivity index (χ2v) is 3.71. The fourth-order valence-corrected chi connectivity index (χ4v) is 1.14. The lowest BCUT2D eigenvalue weighted by Crippen LogP contribution is -2.42. The first-order valence-corrected chi connectivity index (χ1v) is 5.13.